The van der Waals surface area contributed by atoms with Crippen LogP contribution in [0.25, 0.3) is 0 Å². The Morgan fingerprint density at radius 3 is 3.18 bits per heavy atom. The van der Waals surface area contributed by atoms with Crippen LogP contribution >= 0.6 is 11.6 Å². The monoisotopic (exact) mass is 167 g/mol. The number of hydrogen-bond acceptors (Lipinski definition) is 1. The molecule has 0 aromatic carbocycles. The van der Waals surface area contributed by atoms with Crippen molar-refractivity contribution in [1.82, 2.24) is 4.98 Å². The van der Waals surface area contributed by atoms with Crippen molar-refractivity contribution in [2.24, 2.45) is 0 Å². The van der Waals surface area contributed by atoms with Gasteiger partial charge in [0.2, 0.25) is 0 Å². The lowest BCUT2D eigenvalue weighted by molar-refractivity contribution is 0.731. The SMILES string of the molecule is CC1CCc2ccc(Cl)nc21. The van der Waals surface area contributed by atoms with Gasteiger partial charge in [-0.3, -0.25) is 0 Å². The van der Waals surface area contributed by atoms with Gasteiger partial charge in [-0.25, -0.2) is 4.98 Å². The molecule has 0 fully saturated rings. The Balaban J connectivity index is 2.52. The molecular weight excluding hydrogens is 158 g/mol. The molecule has 0 amide bonds. The Bertz CT molecular complexity index is 283. The summed E-state index contributed by atoms with van der Waals surface area (Å²) in [5, 5.41) is 0.623. The number of fused-ring (bicyclic) bond motifs is 1. The second kappa shape index (κ2) is 2.49. The molecule has 0 saturated heterocycles. The molecule has 1 aromatic rings. The maximum Gasteiger partial charge on any atom is 0.129 e. The zero-order chi connectivity index (χ0) is 7.84. The zero-order valence-electron chi connectivity index (χ0n) is 6.47. The van der Waals surface area contributed by atoms with Gasteiger partial charge in [-0.1, -0.05) is 24.6 Å². The first-order chi connectivity index (χ1) is 5.27. The van der Waals surface area contributed by atoms with Crippen molar-refractivity contribution >= 4 is 11.6 Å². The van der Waals surface area contributed by atoms with E-state index in [1.165, 1.54) is 24.1 Å². The topological polar surface area (TPSA) is 12.9 Å². The minimum Gasteiger partial charge on any atom is -0.241 e. The van der Waals surface area contributed by atoms with Gasteiger partial charge < -0.3 is 0 Å². The van der Waals surface area contributed by atoms with E-state index in [4.69, 9.17) is 11.6 Å². The van der Waals surface area contributed by atoms with Gasteiger partial charge in [0.05, 0.1) is 0 Å². The molecule has 11 heavy (non-hydrogen) atoms. The molecule has 0 spiro atoms. The van der Waals surface area contributed by atoms with Crippen LogP contribution in [0.5, 0.6) is 0 Å². The standard InChI is InChI=1S/C9H10ClN/c1-6-2-3-7-4-5-8(10)11-9(6)7/h4-6H,2-3H2,1H3. The van der Waals surface area contributed by atoms with E-state index >= 15 is 0 Å². The third-order valence-corrected chi connectivity index (χ3v) is 2.50. The van der Waals surface area contributed by atoms with Crippen molar-refractivity contribution in [2.45, 2.75) is 25.7 Å². The van der Waals surface area contributed by atoms with Crippen molar-refractivity contribution in [3.8, 4) is 0 Å². The molecule has 1 aromatic heterocycles. The first-order valence-corrected chi connectivity index (χ1v) is 4.30. The predicted octanol–water partition coefficient (Wildman–Crippen LogP) is 2.78. The van der Waals surface area contributed by atoms with Crippen LogP contribution < -0.4 is 0 Å². The van der Waals surface area contributed by atoms with Gasteiger partial charge >= 0.3 is 0 Å². The summed E-state index contributed by atoms with van der Waals surface area (Å²) >= 11 is 5.78. The normalized spacial score (nSPS) is 21.8. The van der Waals surface area contributed by atoms with Crippen LogP contribution in [0.15, 0.2) is 12.1 Å². The van der Waals surface area contributed by atoms with Gasteiger partial charge in [0.1, 0.15) is 5.15 Å². The molecule has 1 nitrogen and oxygen atoms in total. The van der Waals surface area contributed by atoms with Gasteiger partial charge in [-0.05, 0) is 30.4 Å². The number of aryl methyl sites for hydroxylation is 1. The van der Waals surface area contributed by atoms with E-state index in [0.717, 1.165) is 0 Å². The average molecular weight is 168 g/mol. The highest BCUT2D eigenvalue weighted by Crippen LogP contribution is 2.31. The van der Waals surface area contributed by atoms with E-state index in [2.05, 4.69) is 18.0 Å². The lowest BCUT2D eigenvalue weighted by atomic mass is 10.1. The molecule has 0 radical (unpaired) electrons. The van der Waals surface area contributed by atoms with Crippen LogP contribution in [0.4, 0.5) is 0 Å². The van der Waals surface area contributed by atoms with Crippen LogP contribution in [0.2, 0.25) is 5.15 Å². The van der Waals surface area contributed by atoms with Crippen LogP contribution in [0.1, 0.15) is 30.5 Å². The summed E-state index contributed by atoms with van der Waals surface area (Å²) in [4.78, 5) is 4.30. The second-order valence-corrected chi connectivity index (χ2v) is 3.51. The molecular formula is C9H10ClN. The Hall–Kier alpha value is -0.560. The quantitative estimate of drug-likeness (QED) is 0.542. The molecule has 1 unspecified atom stereocenters. The maximum atomic E-state index is 5.78. The molecule has 1 aliphatic rings. The van der Waals surface area contributed by atoms with Gasteiger partial charge in [0.25, 0.3) is 0 Å². The van der Waals surface area contributed by atoms with E-state index in [1.807, 2.05) is 6.07 Å². The Morgan fingerprint density at radius 2 is 2.36 bits per heavy atom. The Kier molecular flexibility index (Phi) is 1.61. The summed E-state index contributed by atoms with van der Waals surface area (Å²) in [5.74, 6) is 0.601. The maximum absolute atomic E-state index is 5.78. The Morgan fingerprint density at radius 1 is 1.55 bits per heavy atom. The lowest BCUT2D eigenvalue weighted by Gasteiger charge is -2.01. The minimum atomic E-state index is 0.601. The number of nitrogens with zero attached hydrogens (tertiary/aromatic N) is 1. The molecule has 2 rings (SSSR count). The zero-order valence-corrected chi connectivity index (χ0v) is 7.23. The fourth-order valence-corrected chi connectivity index (χ4v) is 1.78. The number of aromatic nitrogens is 1. The summed E-state index contributed by atoms with van der Waals surface area (Å²) in [6.07, 6.45) is 2.39. The minimum absolute atomic E-state index is 0.601. The third kappa shape index (κ3) is 1.14. The number of hydrogen-bond donors (Lipinski definition) is 0. The average Bonchev–Trinajstić information content (AvgIpc) is 2.33. The lowest BCUT2D eigenvalue weighted by Crippen LogP contribution is -1.91. The first kappa shape index (κ1) is 7.11. The molecule has 1 atom stereocenters. The van der Waals surface area contributed by atoms with Crippen molar-refractivity contribution < 1.29 is 0 Å². The number of halogens is 1. The highest BCUT2D eigenvalue weighted by molar-refractivity contribution is 6.29. The third-order valence-electron chi connectivity index (χ3n) is 2.29. The van der Waals surface area contributed by atoms with E-state index in [0.29, 0.717) is 11.1 Å². The molecule has 2 heteroatoms. The van der Waals surface area contributed by atoms with Crippen LogP contribution in [-0.2, 0) is 6.42 Å². The van der Waals surface area contributed by atoms with E-state index < -0.39 is 0 Å². The van der Waals surface area contributed by atoms with Crippen molar-refractivity contribution in [2.75, 3.05) is 0 Å². The fourth-order valence-electron chi connectivity index (χ4n) is 1.63. The summed E-state index contributed by atoms with van der Waals surface area (Å²) in [6.45, 7) is 2.20. The highest BCUT2D eigenvalue weighted by atomic mass is 35.5. The molecule has 0 N–H and O–H groups in total. The molecule has 1 heterocycles. The van der Waals surface area contributed by atoms with Crippen molar-refractivity contribution in [3.63, 3.8) is 0 Å². The van der Waals surface area contributed by atoms with Crippen molar-refractivity contribution in [1.29, 1.82) is 0 Å². The molecule has 1 aliphatic carbocycles. The van der Waals surface area contributed by atoms with Gasteiger partial charge in [-0.2, -0.15) is 0 Å². The largest absolute Gasteiger partial charge is 0.241 e. The van der Waals surface area contributed by atoms with Crippen LogP contribution in [0.3, 0.4) is 0 Å². The van der Waals surface area contributed by atoms with Gasteiger partial charge in [-0.15, -0.1) is 0 Å². The molecule has 58 valence electrons. The summed E-state index contributed by atoms with van der Waals surface area (Å²) in [6, 6.07) is 3.96. The smallest absolute Gasteiger partial charge is 0.129 e. The number of pyridine rings is 1. The van der Waals surface area contributed by atoms with Crippen LogP contribution in [0, 0.1) is 0 Å². The highest BCUT2D eigenvalue weighted by Gasteiger charge is 2.19. The van der Waals surface area contributed by atoms with E-state index in [1.54, 1.807) is 0 Å². The first-order valence-electron chi connectivity index (χ1n) is 3.92. The Labute approximate surface area is 71.4 Å². The summed E-state index contributed by atoms with van der Waals surface area (Å²) < 4.78 is 0. The van der Waals surface area contributed by atoms with Gasteiger partial charge in [0, 0.05) is 5.69 Å². The number of rotatable bonds is 0. The van der Waals surface area contributed by atoms with Gasteiger partial charge in [0.15, 0.2) is 0 Å². The van der Waals surface area contributed by atoms with Crippen molar-refractivity contribution in [3.05, 3.63) is 28.5 Å². The summed E-state index contributed by atoms with van der Waals surface area (Å²) in [7, 11) is 0. The fraction of sp³-hybridized carbons (Fsp3) is 0.444. The predicted molar refractivity (Wildman–Crippen MR) is 46.0 cm³/mol. The summed E-state index contributed by atoms with van der Waals surface area (Å²) in [5.41, 5.74) is 2.58. The second-order valence-electron chi connectivity index (χ2n) is 3.12. The molecule has 0 bridgehead atoms. The van der Waals surface area contributed by atoms with E-state index in [9.17, 15) is 0 Å². The van der Waals surface area contributed by atoms with Crippen LogP contribution in [-0.4, -0.2) is 4.98 Å². The molecule has 0 aliphatic heterocycles. The molecule has 0 saturated carbocycles. The van der Waals surface area contributed by atoms with E-state index in [-0.39, 0.29) is 0 Å².